The van der Waals surface area contributed by atoms with Gasteiger partial charge >= 0.3 is 5.97 Å². The van der Waals surface area contributed by atoms with Gasteiger partial charge < -0.3 is 14.0 Å². The fourth-order valence-electron chi connectivity index (χ4n) is 5.02. The van der Waals surface area contributed by atoms with Gasteiger partial charge in [-0.1, -0.05) is 31.2 Å². The van der Waals surface area contributed by atoms with Crippen LogP contribution in [0.2, 0.25) is 0 Å². The van der Waals surface area contributed by atoms with E-state index in [2.05, 4.69) is 11.1 Å². The molecule has 2 heterocycles. The number of ether oxygens (including phenoxy) is 1. The van der Waals surface area contributed by atoms with Gasteiger partial charge in [-0.3, -0.25) is 4.79 Å². The highest BCUT2D eigenvalue weighted by Crippen LogP contribution is 2.45. The average Bonchev–Trinajstić information content (AvgIpc) is 3.26. The van der Waals surface area contributed by atoms with Crippen molar-refractivity contribution < 1.29 is 18.8 Å². The molecular formula is C27H25N3O5. The summed E-state index contributed by atoms with van der Waals surface area (Å²) in [4.78, 5) is 35.4. The zero-order valence-electron chi connectivity index (χ0n) is 19.9. The lowest BCUT2D eigenvalue weighted by molar-refractivity contribution is -0.145. The molecule has 5 rings (SSSR count). The molecule has 8 heteroatoms. The van der Waals surface area contributed by atoms with Crippen LogP contribution in [0.15, 0.2) is 45.6 Å². The number of methoxy groups -OCH3 is 1. The molecule has 0 saturated heterocycles. The van der Waals surface area contributed by atoms with Gasteiger partial charge in [0.05, 0.1) is 24.3 Å². The zero-order valence-corrected chi connectivity index (χ0v) is 19.9. The maximum absolute atomic E-state index is 13.4. The number of aryl methyl sites for hydroxylation is 2. The summed E-state index contributed by atoms with van der Waals surface area (Å²) in [5.74, 6) is 0.394. The van der Waals surface area contributed by atoms with E-state index in [9.17, 15) is 14.9 Å². The summed E-state index contributed by atoms with van der Waals surface area (Å²) in [6, 6.07) is 13.9. The van der Waals surface area contributed by atoms with Gasteiger partial charge in [0.1, 0.15) is 11.4 Å². The normalized spacial score (nSPS) is 17.2. The number of carbonyl (C=O) groups is 1. The standard InChI is InChI=1S/C27H25N3O5/c1-4-7-23(31)35-30-16(2)29-20-12-13-27(15-28,14-18(20)26(30)32)19-10-11-22(33-3)25-24(19)17-8-5-6-9-21(17)34-25/h5-6,8-11H,4,7,12-14H2,1-3H3. The average molecular weight is 472 g/mol. The predicted octanol–water partition coefficient (Wildman–Crippen LogP) is 4.17. The number of hydrogen-bond donors (Lipinski definition) is 0. The fourth-order valence-corrected chi connectivity index (χ4v) is 5.02. The van der Waals surface area contributed by atoms with E-state index in [-0.39, 0.29) is 12.8 Å². The van der Waals surface area contributed by atoms with Crippen LogP contribution in [0.1, 0.15) is 48.8 Å². The van der Waals surface area contributed by atoms with Crippen molar-refractivity contribution in [2.24, 2.45) is 0 Å². The monoisotopic (exact) mass is 471 g/mol. The third-order valence-electron chi connectivity index (χ3n) is 6.74. The number of nitriles is 1. The first-order valence-corrected chi connectivity index (χ1v) is 11.6. The van der Waals surface area contributed by atoms with Crippen LogP contribution in [0.3, 0.4) is 0 Å². The van der Waals surface area contributed by atoms with Crippen LogP contribution >= 0.6 is 0 Å². The lowest BCUT2D eigenvalue weighted by Gasteiger charge is -2.32. The molecule has 0 radical (unpaired) electrons. The Kier molecular flexibility index (Phi) is 5.56. The molecular weight excluding hydrogens is 446 g/mol. The second-order valence-corrected chi connectivity index (χ2v) is 8.89. The summed E-state index contributed by atoms with van der Waals surface area (Å²) in [7, 11) is 1.58. The molecule has 0 fully saturated rings. The van der Waals surface area contributed by atoms with Gasteiger partial charge in [-0.25, -0.2) is 9.78 Å². The summed E-state index contributed by atoms with van der Waals surface area (Å²) in [5.41, 5.74) is 1.64. The summed E-state index contributed by atoms with van der Waals surface area (Å²) in [6.07, 6.45) is 1.89. The van der Waals surface area contributed by atoms with Crippen LogP contribution in [-0.4, -0.2) is 22.8 Å². The molecule has 0 spiro atoms. The number of rotatable bonds is 5. The second kappa shape index (κ2) is 8.58. The molecule has 35 heavy (non-hydrogen) atoms. The van der Waals surface area contributed by atoms with Crippen molar-refractivity contribution in [3.63, 3.8) is 0 Å². The van der Waals surface area contributed by atoms with Gasteiger partial charge in [-0.2, -0.15) is 5.26 Å². The third kappa shape index (κ3) is 3.55. The van der Waals surface area contributed by atoms with Crippen LogP contribution < -0.4 is 15.1 Å². The third-order valence-corrected chi connectivity index (χ3v) is 6.74. The zero-order chi connectivity index (χ0) is 24.7. The Bertz CT molecular complexity index is 1580. The second-order valence-electron chi connectivity index (χ2n) is 8.89. The molecule has 178 valence electrons. The number of fused-ring (bicyclic) bond motifs is 4. The Morgan fingerprint density at radius 3 is 2.83 bits per heavy atom. The molecule has 1 aliphatic rings. The van der Waals surface area contributed by atoms with E-state index in [0.717, 1.165) is 21.1 Å². The van der Waals surface area contributed by atoms with Gasteiger partial charge in [0, 0.05) is 29.2 Å². The highest BCUT2D eigenvalue weighted by Gasteiger charge is 2.41. The van der Waals surface area contributed by atoms with E-state index >= 15 is 0 Å². The number of hydrogen-bond acceptors (Lipinski definition) is 7. The number of carbonyl (C=O) groups excluding carboxylic acids is 1. The van der Waals surface area contributed by atoms with E-state index in [4.69, 9.17) is 14.0 Å². The minimum Gasteiger partial charge on any atom is -0.493 e. The van der Waals surface area contributed by atoms with Crippen LogP contribution in [0.5, 0.6) is 5.75 Å². The van der Waals surface area contributed by atoms with E-state index in [1.165, 1.54) is 0 Å². The smallest absolute Gasteiger partial charge is 0.333 e. The Labute approximate surface area is 201 Å². The first kappa shape index (κ1) is 22.7. The summed E-state index contributed by atoms with van der Waals surface area (Å²) < 4.78 is 12.6. The molecule has 2 aromatic heterocycles. The molecule has 0 bridgehead atoms. The highest BCUT2D eigenvalue weighted by molar-refractivity contribution is 6.09. The van der Waals surface area contributed by atoms with Gasteiger partial charge in [-0.05, 0) is 43.9 Å². The van der Waals surface area contributed by atoms with Crippen molar-refractivity contribution in [1.82, 2.24) is 9.71 Å². The van der Waals surface area contributed by atoms with Crippen LogP contribution in [0.25, 0.3) is 21.9 Å². The first-order valence-electron chi connectivity index (χ1n) is 11.6. The van der Waals surface area contributed by atoms with Gasteiger partial charge in [0.2, 0.25) is 0 Å². The molecule has 1 unspecified atom stereocenters. The van der Waals surface area contributed by atoms with Gasteiger partial charge in [0.15, 0.2) is 11.3 Å². The topological polar surface area (TPSA) is 107 Å². The van der Waals surface area contributed by atoms with Crippen molar-refractivity contribution in [2.45, 2.75) is 51.4 Å². The number of aromatic nitrogens is 2. The summed E-state index contributed by atoms with van der Waals surface area (Å²) in [6.45, 7) is 3.50. The van der Waals surface area contributed by atoms with Crippen molar-refractivity contribution in [1.29, 1.82) is 5.26 Å². The van der Waals surface area contributed by atoms with Gasteiger partial charge in [-0.15, -0.1) is 4.73 Å². The maximum Gasteiger partial charge on any atom is 0.333 e. The maximum atomic E-state index is 13.4. The molecule has 1 atom stereocenters. The Morgan fingerprint density at radius 1 is 1.29 bits per heavy atom. The number of benzene rings is 2. The van der Waals surface area contributed by atoms with Crippen molar-refractivity contribution >= 4 is 27.9 Å². The van der Waals surface area contributed by atoms with Crippen molar-refractivity contribution in [2.75, 3.05) is 7.11 Å². The van der Waals surface area contributed by atoms with Crippen LogP contribution in [0, 0.1) is 18.3 Å². The molecule has 0 N–H and O–H groups in total. The number of furan rings is 1. The molecule has 0 saturated carbocycles. The number of nitrogens with zero attached hydrogens (tertiary/aromatic N) is 3. The Hall–Kier alpha value is -4.12. The molecule has 4 aromatic rings. The van der Waals surface area contributed by atoms with E-state index < -0.39 is 16.9 Å². The van der Waals surface area contributed by atoms with Crippen LogP contribution in [0.4, 0.5) is 0 Å². The minimum atomic E-state index is -0.995. The highest BCUT2D eigenvalue weighted by atomic mass is 16.7. The lowest BCUT2D eigenvalue weighted by Crippen LogP contribution is -2.42. The molecule has 0 aliphatic heterocycles. The van der Waals surface area contributed by atoms with E-state index in [0.29, 0.717) is 53.3 Å². The van der Waals surface area contributed by atoms with Crippen LogP contribution in [-0.2, 0) is 23.1 Å². The quantitative estimate of drug-likeness (QED) is 0.430. The molecule has 8 nitrogen and oxygen atoms in total. The van der Waals surface area contributed by atoms with Gasteiger partial charge in [0.25, 0.3) is 5.56 Å². The fraction of sp³-hybridized carbons (Fsp3) is 0.333. The van der Waals surface area contributed by atoms with E-state index in [1.54, 1.807) is 20.1 Å². The molecule has 1 aliphatic carbocycles. The van der Waals surface area contributed by atoms with E-state index in [1.807, 2.05) is 37.3 Å². The lowest BCUT2D eigenvalue weighted by atomic mass is 9.68. The SMILES string of the molecule is CCCC(=O)On1c(C)nc2c(c1=O)CC(C#N)(c1ccc(OC)c3oc4ccccc4c13)CC2. The number of para-hydroxylation sites is 1. The molecule has 0 amide bonds. The molecule has 2 aromatic carbocycles. The van der Waals surface area contributed by atoms with Crippen molar-refractivity contribution in [3.05, 3.63) is 69.4 Å². The summed E-state index contributed by atoms with van der Waals surface area (Å²) in [5, 5.41) is 12.2. The minimum absolute atomic E-state index is 0.150. The first-order chi connectivity index (χ1) is 16.9. The largest absolute Gasteiger partial charge is 0.493 e. The predicted molar refractivity (Wildman–Crippen MR) is 129 cm³/mol. The van der Waals surface area contributed by atoms with Crippen molar-refractivity contribution in [3.8, 4) is 11.8 Å². The summed E-state index contributed by atoms with van der Waals surface area (Å²) >= 11 is 0. The Morgan fingerprint density at radius 2 is 2.09 bits per heavy atom. The Balaban J connectivity index is 1.69.